The summed E-state index contributed by atoms with van der Waals surface area (Å²) in [4.78, 5) is 0. The Morgan fingerprint density at radius 1 is 1.38 bits per heavy atom. The molecule has 0 aromatic heterocycles. The second kappa shape index (κ2) is 6.05. The van der Waals surface area contributed by atoms with Crippen LogP contribution in [0.15, 0.2) is 17.2 Å². The molecule has 0 aliphatic rings. The molecule has 88 valence electrons. The lowest BCUT2D eigenvalue weighted by molar-refractivity contribution is 0.306. The van der Waals surface area contributed by atoms with Gasteiger partial charge >= 0.3 is 0 Å². The minimum absolute atomic E-state index is 0.178. The molecule has 0 saturated heterocycles. The highest BCUT2D eigenvalue weighted by Gasteiger charge is 2.09. The number of hydrogen-bond donors (Lipinski definition) is 1. The predicted octanol–water partition coefficient (Wildman–Crippen LogP) is 2.44. The first kappa shape index (κ1) is 12.4. The molecule has 0 heterocycles. The minimum Gasteiger partial charge on any atom is -0.493 e. The van der Waals surface area contributed by atoms with Crippen molar-refractivity contribution in [3.63, 3.8) is 0 Å². The molecular weight excluding hydrogens is 214 g/mol. The third-order valence-corrected chi connectivity index (χ3v) is 2.02. The summed E-state index contributed by atoms with van der Waals surface area (Å²) in [6.07, 6.45) is 2.73. The SMILES string of the molecule is CCCCOc1cc(F)c(C=NN)c(F)c1. The Kier molecular flexibility index (Phi) is 4.69. The molecule has 0 aliphatic carbocycles. The van der Waals surface area contributed by atoms with Gasteiger partial charge in [-0.05, 0) is 6.42 Å². The van der Waals surface area contributed by atoms with Crippen LogP contribution in [-0.2, 0) is 0 Å². The van der Waals surface area contributed by atoms with Gasteiger partial charge in [0.05, 0.1) is 18.4 Å². The predicted molar refractivity (Wildman–Crippen MR) is 58.5 cm³/mol. The fourth-order valence-corrected chi connectivity index (χ4v) is 1.18. The van der Waals surface area contributed by atoms with Crippen LogP contribution >= 0.6 is 0 Å². The van der Waals surface area contributed by atoms with Crippen molar-refractivity contribution >= 4 is 6.21 Å². The van der Waals surface area contributed by atoms with Crippen LogP contribution in [0.2, 0.25) is 0 Å². The largest absolute Gasteiger partial charge is 0.493 e. The zero-order valence-electron chi connectivity index (χ0n) is 9.04. The fraction of sp³-hybridized carbons (Fsp3) is 0.364. The van der Waals surface area contributed by atoms with Crippen LogP contribution in [0.25, 0.3) is 0 Å². The standard InChI is InChI=1S/C11H14F2N2O/c1-2-3-4-16-8-5-10(12)9(7-15-14)11(13)6-8/h5-7H,2-4,14H2,1H3. The molecule has 0 bridgehead atoms. The first-order valence-corrected chi connectivity index (χ1v) is 5.04. The summed E-state index contributed by atoms with van der Waals surface area (Å²) in [6.45, 7) is 2.45. The molecule has 2 N–H and O–H groups in total. The highest BCUT2D eigenvalue weighted by molar-refractivity contribution is 5.80. The Balaban J connectivity index is 2.83. The van der Waals surface area contributed by atoms with Crippen LogP contribution in [-0.4, -0.2) is 12.8 Å². The molecular formula is C11H14F2N2O. The average Bonchev–Trinajstić information content (AvgIpc) is 2.24. The highest BCUT2D eigenvalue weighted by Crippen LogP contribution is 2.19. The molecule has 0 spiro atoms. The lowest BCUT2D eigenvalue weighted by Crippen LogP contribution is -2.01. The monoisotopic (exact) mass is 228 g/mol. The smallest absolute Gasteiger partial charge is 0.138 e. The van der Waals surface area contributed by atoms with Crippen LogP contribution in [0, 0.1) is 11.6 Å². The molecule has 0 atom stereocenters. The normalized spacial score (nSPS) is 10.9. The number of hydrazone groups is 1. The first-order valence-electron chi connectivity index (χ1n) is 5.04. The van der Waals surface area contributed by atoms with E-state index in [4.69, 9.17) is 10.6 Å². The molecule has 0 saturated carbocycles. The van der Waals surface area contributed by atoms with Crippen molar-refractivity contribution in [2.24, 2.45) is 10.9 Å². The van der Waals surface area contributed by atoms with Gasteiger partial charge in [0, 0.05) is 12.1 Å². The summed E-state index contributed by atoms with van der Waals surface area (Å²) >= 11 is 0. The van der Waals surface area contributed by atoms with E-state index in [1.807, 2.05) is 6.92 Å². The van der Waals surface area contributed by atoms with Gasteiger partial charge < -0.3 is 10.6 Å². The number of halogens is 2. The molecule has 0 radical (unpaired) electrons. The Morgan fingerprint density at radius 3 is 2.50 bits per heavy atom. The van der Waals surface area contributed by atoms with Crippen molar-refractivity contribution < 1.29 is 13.5 Å². The minimum atomic E-state index is -0.735. The van der Waals surface area contributed by atoms with Crippen molar-refractivity contribution in [2.75, 3.05) is 6.61 Å². The van der Waals surface area contributed by atoms with E-state index in [0.717, 1.165) is 31.2 Å². The fourth-order valence-electron chi connectivity index (χ4n) is 1.18. The summed E-state index contributed by atoms with van der Waals surface area (Å²) in [5.41, 5.74) is -0.259. The van der Waals surface area contributed by atoms with Gasteiger partial charge in [-0.25, -0.2) is 8.78 Å². The number of nitrogens with zero attached hydrogens (tertiary/aromatic N) is 1. The number of hydrogen-bond acceptors (Lipinski definition) is 3. The van der Waals surface area contributed by atoms with E-state index in [1.54, 1.807) is 0 Å². The summed E-state index contributed by atoms with van der Waals surface area (Å²) in [5.74, 6) is 3.55. The Bertz CT molecular complexity index is 357. The number of benzene rings is 1. The summed E-state index contributed by atoms with van der Waals surface area (Å²) in [6, 6.07) is 2.24. The van der Waals surface area contributed by atoms with Gasteiger partial charge in [0.1, 0.15) is 17.4 Å². The number of nitrogens with two attached hydrogens (primary N) is 1. The van der Waals surface area contributed by atoms with E-state index in [2.05, 4.69) is 5.10 Å². The van der Waals surface area contributed by atoms with Crippen LogP contribution in [0.3, 0.4) is 0 Å². The molecule has 0 unspecified atom stereocenters. The van der Waals surface area contributed by atoms with Crippen molar-refractivity contribution in [1.29, 1.82) is 0 Å². The third kappa shape index (κ3) is 3.18. The summed E-state index contributed by atoms with van der Waals surface area (Å²) in [7, 11) is 0. The zero-order valence-corrected chi connectivity index (χ0v) is 9.04. The molecule has 3 nitrogen and oxygen atoms in total. The lowest BCUT2D eigenvalue weighted by Gasteiger charge is -2.07. The van der Waals surface area contributed by atoms with E-state index in [1.165, 1.54) is 0 Å². The molecule has 5 heteroatoms. The molecule has 0 fully saturated rings. The van der Waals surface area contributed by atoms with E-state index in [0.29, 0.717) is 6.61 Å². The van der Waals surface area contributed by atoms with Crippen LogP contribution < -0.4 is 10.6 Å². The lowest BCUT2D eigenvalue weighted by atomic mass is 10.2. The zero-order chi connectivity index (χ0) is 12.0. The van der Waals surface area contributed by atoms with Crippen LogP contribution in [0.1, 0.15) is 25.3 Å². The van der Waals surface area contributed by atoms with Crippen molar-refractivity contribution in [2.45, 2.75) is 19.8 Å². The highest BCUT2D eigenvalue weighted by atomic mass is 19.1. The first-order chi connectivity index (χ1) is 7.69. The third-order valence-electron chi connectivity index (χ3n) is 2.02. The molecule has 0 amide bonds. The number of rotatable bonds is 5. The Labute approximate surface area is 92.9 Å². The summed E-state index contributed by atoms with van der Waals surface area (Å²) in [5, 5.41) is 3.09. The van der Waals surface area contributed by atoms with E-state index >= 15 is 0 Å². The summed E-state index contributed by atoms with van der Waals surface area (Å²) < 4.78 is 31.9. The van der Waals surface area contributed by atoms with Gasteiger partial charge in [-0.3, -0.25) is 0 Å². The van der Waals surface area contributed by atoms with Gasteiger partial charge in [0.25, 0.3) is 0 Å². The van der Waals surface area contributed by atoms with Gasteiger partial charge in [-0.15, -0.1) is 0 Å². The van der Waals surface area contributed by atoms with E-state index < -0.39 is 11.6 Å². The van der Waals surface area contributed by atoms with Crippen molar-refractivity contribution in [3.05, 3.63) is 29.3 Å². The van der Waals surface area contributed by atoms with Crippen LogP contribution in [0.5, 0.6) is 5.75 Å². The second-order valence-corrected chi connectivity index (χ2v) is 3.28. The van der Waals surface area contributed by atoms with E-state index in [9.17, 15) is 8.78 Å². The molecule has 16 heavy (non-hydrogen) atoms. The molecule has 1 aromatic rings. The van der Waals surface area contributed by atoms with E-state index in [-0.39, 0.29) is 11.3 Å². The van der Waals surface area contributed by atoms with Crippen LogP contribution in [0.4, 0.5) is 8.78 Å². The van der Waals surface area contributed by atoms with Gasteiger partial charge in [0.2, 0.25) is 0 Å². The van der Waals surface area contributed by atoms with Crippen molar-refractivity contribution in [1.82, 2.24) is 0 Å². The van der Waals surface area contributed by atoms with Gasteiger partial charge in [-0.1, -0.05) is 13.3 Å². The average molecular weight is 228 g/mol. The second-order valence-electron chi connectivity index (χ2n) is 3.28. The maximum atomic E-state index is 13.3. The maximum absolute atomic E-state index is 13.3. The quantitative estimate of drug-likeness (QED) is 0.364. The Hall–Kier alpha value is -1.65. The number of unbranched alkanes of at least 4 members (excludes halogenated alkanes) is 1. The molecule has 0 aliphatic heterocycles. The maximum Gasteiger partial charge on any atom is 0.138 e. The molecule has 1 aromatic carbocycles. The Morgan fingerprint density at radius 2 is 2.00 bits per heavy atom. The van der Waals surface area contributed by atoms with Crippen molar-refractivity contribution in [3.8, 4) is 5.75 Å². The van der Waals surface area contributed by atoms with Gasteiger partial charge in [-0.2, -0.15) is 5.10 Å². The topological polar surface area (TPSA) is 47.6 Å². The number of ether oxygens (including phenoxy) is 1. The molecule has 1 rings (SSSR count). The van der Waals surface area contributed by atoms with Gasteiger partial charge in [0.15, 0.2) is 0 Å².